The van der Waals surface area contributed by atoms with Crippen LogP contribution in [0, 0.1) is 0 Å². The number of aliphatic imine (C=N–C) groups is 1. The van der Waals surface area contributed by atoms with Crippen molar-refractivity contribution in [1.29, 1.82) is 0 Å². The Hall–Kier alpha value is -3.92. The number of nitrogens with one attached hydrogen (secondary N) is 2. The van der Waals surface area contributed by atoms with Gasteiger partial charge in [0.2, 0.25) is 0 Å². The maximum absolute atomic E-state index is 12.9. The minimum absolute atomic E-state index is 0.0435. The van der Waals surface area contributed by atoms with Crippen LogP contribution in [0.25, 0.3) is 10.9 Å². The molecule has 3 aromatic heterocycles. The molecule has 10 nitrogen and oxygen atoms in total. The second kappa shape index (κ2) is 10.8. The Morgan fingerprint density at radius 2 is 2.00 bits per heavy atom. The molecule has 10 heteroatoms. The lowest BCUT2D eigenvalue weighted by molar-refractivity contribution is 0.0951. The molecule has 0 aliphatic carbocycles. The number of aromatic amines is 1. The highest BCUT2D eigenvalue weighted by Gasteiger charge is 2.23. The molecule has 1 fully saturated rings. The van der Waals surface area contributed by atoms with Crippen LogP contribution in [0.2, 0.25) is 0 Å². The highest BCUT2D eigenvalue weighted by Crippen LogP contribution is 2.31. The number of carbonyl (C=O) groups is 1. The molecule has 0 saturated carbocycles. The highest BCUT2D eigenvalue weighted by molar-refractivity contribution is 6.14. The number of H-pyrrole nitrogens is 1. The lowest BCUT2D eigenvalue weighted by atomic mass is 10.0. The van der Waals surface area contributed by atoms with E-state index in [0.29, 0.717) is 36.2 Å². The van der Waals surface area contributed by atoms with Crippen LogP contribution >= 0.6 is 0 Å². The number of carbonyl (C=O) groups excluding carboxylic acids is 1. The number of likely N-dealkylation sites (tertiary alicyclic amines) is 1. The summed E-state index contributed by atoms with van der Waals surface area (Å²) in [5.41, 5.74) is 4.28. The molecule has 3 N–H and O–H groups in total. The van der Waals surface area contributed by atoms with Gasteiger partial charge in [0.05, 0.1) is 35.9 Å². The average molecular weight is 517 g/mol. The fourth-order valence-electron chi connectivity index (χ4n) is 5.18. The number of amides is 1. The summed E-state index contributed by atoms with van der Waals surface area (Å²) in [6.45, 7) is 9.02. The Kier molecular flexibility index (Phi) is 7.33. The molecule has 0 atom stereocenters. The van der Waals surface area contributed by atoms with Gasteiger partial charge < -0.3 is 20.3 Å². The standard InChI is InChI=1S/C28H36N8O2/c1-5-24(32-21-15-31-36(17-21)22-8-10-35(11-9-22)18(2)3)26-23-12-20(6-7-25(23)33-28(26)38)27(37)29-13-19-14-30-34(4)16-19/h6-7,12,14-18,22,33,38H,5,8-11,13H2,1-4H3,(H,29,37). The van der Waals surface area contributed by atoms with E-state index in [4.69, 9.17) is 4.99 Å². The molecule has 38 heavy (non-hydrogen) atoms. The molecule has 200 valence electrons. The molecule has 1 aliphatic rings. The predicted molar refractivity (Wildman–Crippen MR) is 148 cm³/mol. The number of aryl methyl sites for hydroxylation is 1. The number of benzene rings is 1. The fraction of sp³-hybridized carbons (Fsp3) is 0.429. The van der Waals surface area contributed by atoms with E-state index < -0.39 is 0 Å². The number of fused-ring (bicyclic) bond motifs is 1. The van der Waals surface area contributed by atoms with Gasteiger partial charge in [-0.1, -0.05) is 6.92 Å². The van der Waals surface area contributed by atoms with Gasteiger partial charge in [-0.05, 0) is 51.3 Å². The van der Waals surface area contributed by atoms with Crippen molar-refractivity contribution in [3.8, 4) is 5.88 Å². The lowest BCUT2D eigenvalue weighted by Crippen LogP contribution is -2.39. The van der Waals surface area contributed by atoms with Gasteiger partial charge in [0, 0.05) is 61.0 Å². The number of aromatic hydroxyl groups is 1. The van der Waals surface area contributed by atoms with Gasteiger partial charge in [0.15, 0.2) is 5.88 Å². The van der Waals surface area contributed by atoms with Crippen molar-refractivity contribution < 1.29 is 9.90 Å². The minimum atomic E-state index is -0.192. The third kappa shape index (κ3) is 5.35. The molecule has 0 unspecified atom stereocenters. The lowest BCUT2D eigenvalue weighted by Gasteiger charge is -2.34. The quantitative estimate of drug-likeness (QED) is 0.302. The molecule has 0 radical (unpaired) electrons. The van der Waals surface area contributed by atoms with E-state index >= 15 is 0 Å². The molecular weight excluding hydrogens is 480 g/mol. The van der Waals surface area contributed by atoms with Crippen molar-refractivity contribution in [3.63, 3.8) is 0 Å². The van der Waals surface area contributed by atoms with Crippen LogP contribution in [0.5, 0.6) is 5.88 Å². The van der Waals surface area contributed by atoms with E-state index in [1.54, 1.807) is 29.2 Å². The normalized spacial score (nSPS) is 15.6. The van der Waals surface area contributed by atoms with Crippen LogP contribution in [-0.4, -0.2) is 65.3 Å². The minimum Gasteiger partial charge on any atom is -0.494 e. The number of piperidine rings is 1. The largest absolute Gasteiger partial charge is 0.494 e. The Morgan fingerprint density at radius 1 is 1.21 bits per heavy atom. The third-order valence-electron chi connectivity index (χ3n) is 7.33. The fourth-order valence-corrected chi connectivity index (χ4v) is 5.18. The topological polar surface area (TPSA) is 116 Å². The van der Waals surface area contributed by atoms with E-state index in [2.05, 4.69) is 39.2 Å². The van der Waals surface area contributed by atoms with Crippen LogP contribution in [0.15, 0.2) is 48.0 Å². The van der Waals surface area contributed by atoms with E-state index in [1.807, 2.05) is 37.1 Å². The Morgan fingerprint density at radius 3 is 2.68 bits per heavy atom. The maximum atomic E-state index is 12.9. The summed E-state index contributed by atoms with van der Waals surface area (Å²) in [5.74, 6) is -0.149. The summed E-state index contributed by atoms with van der Waals surface area (Å²) in [6.07, 6.45) is 10.1. The molecular formula is C28H36N8O2. The first-order valence-electron chi connectivity index (χ1n) is 13.3. The van der Waals surface area contributed by atoms with Crippen LogP contribution in [0.4, 0.5) is 5.69 Å². The van der Waals surface area contributed by atoms with E-state index in [-0.39, 0.29) is 11.8 Å². The van der Waals surface area contributed by atoms with Gasteiger partial charge in [-0.2, -0.15) is 10.2 Å². The first-order chi connectivity index (χ1) is 18.3. The summed E-state index contributed by atoms with van der Waals surface area (Å²) in [7, 11) is 1.84. The first kappa shape index (κ1) is 25.7. The zero-order valence-electron chi connectivity index (χ0n) is 22.5. The van der Waals surface area contributed by atoms with E-state index in [0.717, 1.165) is 53.8 Å². The van der Waals surface area contributed by atoms with Crippen LogP contribution < -0.4 is 5.32 Å². The highest BCUT2D eigenvalue weighted by atomic mass is 16.3. The van der Waals surface area contributed by atoms with Crippen LogP contribution in [0.1, 0.15) is 67.6 Å². The predicted octanol–water partition coefficient (Wildman–Crippen LogP) is 4.31. The molecule has 1 aromatic carbocycles. The summed E-state index contributed by atoms with van der Waals surface area (Å²) in [5, 5.41) is 23.2. The molecule has 0 spiro atoms. The van der Waals surface area contributed by atoms with Crippen molar-refractivity contribution in [2.75, 3.05) is 13.1 Å². The third-order valence-corrected chi connectivity index (χ3v) is 7.33. The van der Waals surface area contributed by atoms with Crippen LogP contribution in [0.3, 0.4) is 0 Å². The Balaban J connectivity index is 1.37. The SMILES string of the molecule is CCC(=Nc1cnn(C2CCN(C(C)C)CC2)c1)c1c(O)[nH]c2ccc(C(=O)NCc3cnn(C)c3)cc12. The zero-order chi connectivity index (χ0) is 26.8. The van der Waals surface area contributed by atoms with Gasteiger partial charge in [-0.15, -0.1) is 0 Å². The summed E-state index contributed by atoms with van der Waals surface area (Å²) >= 11 is 0. The summed E-state index contributed by atoms with van der Waals surface area (Å²) in [6, 6.07) is 6.30. The van der Waals surface area contributed by atoms with Gasteiger partial charge in [0.25, 0.3) is 5.91 Å². The van der Waals surface area contributed by atoms with Crippen molar-refractivity contribution in [2.45, 2.75) is 58.7 Å². The molecule has 5 rings (SSSR count). The number of hydrogen-bond donors (Lipinski definition) is 3. The Labute approximate surface area is 222 Å². The van der Waals surface area contributed by atoms with Crippen molar-refractivity contribution in [1.82, 2.24) is 34.8 Å². The monoisotopic (exact) mass is 516 g/mol. The number of nitrogens with zero attached hydrogens (tertiary/aromatic N) is 6. The molecule has 4 heterocycles. The van der Waals surface area contributed by atoms with Crippen molar-refractivity contribution >= 4 is 28.2 Å². The number of aromatic nitrogens is 5. The second-order valence-corrected chi connectivity index (χ2v) is 10.3. The van der Waals surface area contributed by atoms with Gasteiger partial charge in [-0.25, -0.2) is 4.99 Å². The Bertz CT molecular complexity index is 1450. The molecule has 0 bridgehead atoms. The van der Waals surface area contributed by atoms with E-state index in [9.17, 15) is 9.90 Å². The van der Waals surface area contributed by atoms with Crippen molar-refractivity contribution in [2.24, 2.45) is 12.0 Å². The van der Waals surface area contributed by atoms with E-state index in [1.165, 1.54) is 0 Å². The zero-order valence-corrected chi connectivity index (χ0v) is 22.5. The smallest absolute Gasteiger partial charge is 0.251 e. The van der Waals surface area contributed by atoms with Crippen molar-refractivity contribution in [3.05, 3.63) is 59.7 Å². The molecule has 4 aromatic rings. The summed E-state index contributed by atoms with van der Waals surface area (Å²) < 4.78 is 3.73. The van der Waals surface area contributed by atoms with Gasteiger partial charge >= 0.3 is 0 Å². The summed E-state index contributed by atoms with van der Waals surface area (Å²) in [4.78, 5) is 23.3. The number of rotatable bonds is 8. The average Bonchev–Trinajstić information content (AvgIpc) is 3.63. The van der Waals surface area contributed by atoms with Gasteiger partial charge in [-0.3, -0.25) is 14.2 Å². The first-order valence-corrected chi connectivity index (χ1v) is 13.3. The van der Waals surface area contributed by atoms with Gasteiger partial charge in [0.1, 0.15) is 5.69 Å². The molecule has 1 aliphatic heterocycles. The molecule has 1 amide bonds. The maximum Gasteiger partial charge on any atom is 0.251 e. The van der Waals surface area contributed by atoms with Crippen LogP contribution in [-0.2, 0) is 13.6 Å². The number of hydrogen-bond acceptors (Lipinski definition) is 6. The second-order valence-electron chi connectivity index (χ2n) is 10.3. The molecule has 1 saturated heterocycles.